The smallest absolute Gasteiger partial charge is 0.247 e. The van der Waals surface area contributed by atoms with E-state index in [2.05, 4.69) is 0 Å². The van der Waals surface area contributed by atoms with Crippen molar-refractivity contribution < 1.29 is 17.9 Å². The van der Waals surface area contributed by atoms with Crippen molar-refractivity contribution in [3.63, 3.8) is 0 Å². The van der Waals surface area contributed by atoms with Gasteiger partial charge in [-0.05, 0) is 38.0 Å². The topological polar surface area (TPSA) is 66.9 Å². The van der Waals surface area contributed by atoms with Crippen molar-refractivity contribution in [1.29, 1.82) is 0 Å². The maximum atomic E-state index is 13.1. The van der Waals surface area contributed by atoms with Crippen LogP contribution in [0.1, 0.15) is 19.8 Å². The average Bonchev–Trinajstić information content (AvgIpc) is 2.99. The second kappa shape index (κ2) is 5.96. The van der Waals surface area contributed by atoms with Gasteiger partial charge in [0.1, 0.15) is 16.7 Å². The van der Waals surface area contributed by atoms with Crippen LogP contribution in [0.2, 0.25) is 5.02 Å². The molecular weight excluding hydrogens is 340 g/mol. The summed E-state index contributed by atoms with van der Waals surface area (Å²) in [6.45, 7) is 2.65. The summed E-state index contributed by atoms with van der Waals surface area (Å²) in [5.74, 6) is 0.0891. The fourth-order valence-corrected chi connectivity index (χ4v) is 5.38. The van der Waals surface area contributed by atoms with Gasteiger partial charge in [0.2, 0.25) is 15.9 Å². The van der Waals surface area contributed by atoms with Crippen molar-refractivity contribution in [3.8, 4) is 5.75 Å². The first kappa shape index (κ1) is 16.5. The number of benzene rings is 1. The number of ether oxygens (including phenoxy) is 1. The first-order valence-corrected chi connectivity index (χ1v) is 9.34. The number of carbonyl (C=O) groups excluding carboxylic acids is 1. The highest BCUT2D eigenvalue weighted by Crippen LogP contribution is 2.34. The lowest BCUT2D eigenvalue weighted by atomic mass is 10.1. The number of hydrogen-bond acceptors (Lipinski definition) is 4. The first-order valence-electron chi connectivity index (χ1n) is 7.52. The summed E-state index contributed by atoms with van der Waals surface area (Å²) >= 11 is 5.96. The van der Waals surface area contributed by atoms with E-state index < -0.39 is 16.1 Å². The Morgan fingerprint density at radius 2 is 2.09 bits per heavy atom. The number of halogens is 1. The van der Waals surface area contributed by atoms with E-state index in [9.17, 15) is 13.2 Å². The number of methoxy groups -OCH3 is 1. The number of hydrogen-bond donors (Lipinski definition) is 0. The lowest BCUT2D eigenvalue weighted by molar-refractivity contribution is -0.139. The van der Waals surface area contributed by atoms with Crippen LogP contribution in [0, 0.1) is 0 Å². The van der Waals surface area contributed by atoms with Crippen molar-refractivity contribution in [2.75, 3.05) is 20.2 Å². The van der Waals surface area contributed by atoms with Crippen LogP contribution in [0.15, 0.2) is 23.1 Å². The number of piperazine rings is 1. The van der Waals surface area contributed by atoms with E-state index >= 15 is 0 Å². The Balaban J connectivity index is 2.02. The van der Waals surface area contributed by atoms with Crippen LogP contribution >= 0.6 is 11.6 Å². The Morgan fingerprint density at radius 3 is 2.78 bits per heavy atom. The molecule has 0 saturated carbocycles. The van der Waals surface area contributed by atoms with Crippen LogP contribution in [-0.4, -0.2) is 55.8 Å². The van der Waals surface area contributed by atoms with E-state index in [0.29, 0.717) is 18.1 Å². The molecule has 126 valence electrons. The highest BCUT2D eigenvalue weighted by atomic mass is 35.5. The molecule has 0 spiro atoms. The van der Waals surface area contributed by atoms with Gasteiger partial charge in [0.25, 0.3) is 0 Å². The summed E-state index contributed by atoms with van der Waals surface area (Å²) < 4.78 is 32.6. The molecule has 1 amide bonds. The number of amides is 1. The Labute approximate surface area is 141 Å². The fraction of sp³-hybridized carbons (Fsp3) is 0.533. The summed E-state index contributed by atoms with van der Waals surface area (Å²) in [6, 6.07) is 3.70. The van der Waals surface area contributed by atoms with Gasteiger partial charge >= 0.3 is 0 Å². The predicted octanol–water partition coefficient (Wildman–Crippen LogP) is 1.73. The highest BCUT2D eigenvalue weighted by Gasteiger charge is 2.45. The Kier molecular flexibility index (Phi) is 4.29. The van der Waals surface area contributed by atoms with Gasteiger partial charge in [-0.3, -0.25) is 4.79 Å². The van der Waals surface area contributed by atoms with E-state index in [1.54, 1.807) is 17.9 Å². The van der Waals surface area contributed by atoms with E-state index in [-0.39, 0.29) is 22.6 Å². The summed E-state index contributed by atoms with van der Waals surface area (Å²) in [5.41, 5.74) is 0. The highest BCUT2D eigenvalue weighted by molar-refractivity contribution is 7.89. The van der Waals surface area contributed by atoms with Crippen LogP contribution in [0.3, 0.4) is 0 Å². The molecule has 6 nitrogen and oxygen atoms in total. The summed E-state index contributed by atoms with van der Waals surface area (Å²) in [5, 5.41) is 0.308. The molecule has 2 aliphatic rings. The molecule has 1 aromatic carbocycles. The van der Waals surface area contributed by atoms with Gasteiger partial charge < -0.3 is 9.64 Å². The molecule has 1 aromatic rings. The van der Waals surface area contributed by atoms with Crippen LogP contribution in [0.25, 0.3) is 0 Å². The van der Waals surface area contributed by atoms with Crippen LogP contribution in [0.4, 0.5) is 0 Å². The van der Waals surface area contributed by atoms with Gasteiger partial charge in [-0.2, -0.15) is 4.31 Å². The molecule has 0 radical (unpaired) electrons. The van der Waals surface area contributed by atoms with Crippen molar-refractivity contribution in [1.82, 2.24) is 9.21 Å². The van der Waals surface area contributed by atoms with E-state index in [0.717, 1.165) is 12.8 Å². The van der Waals surface area contributed by atoms with Gasteiger partial charge in [-0.15, -0.1) is 0 Å². The van der Waals surface area contributed by atoms with Gasteiger partial charge in [0.05, 0.1) is 7.11 Å². The van der Waals surface area contributed by atoms with Crippen molar-refractivity contribution >= 4 is 27.5 Å². The maximum Gasteiger partial charge on any atom is 0.247 e. The zero-order valence-corrected chi connectivity index (χ0v) is 14.6. The number of sulfonamides is 1. The molecule has 3 rings (SSSR count). The second-order valence-corrected chi connectivity index (χ2v) is 8.17. The van der Waals surface area contributed by atoms with Crippen LogP contribution < -0.4 is 4.74 Å². The van der Waals surface area contributed by atoms with Gasteiger partial charge in [-0.1, -0.05) is 11.6 Å². The molecule has 2 heterocycles. The lowest BCUT2D eigenvalue weighted by Gasteiger charge is -2.40. The zero-order chi connectivity index (χ0) is 16.8. The molecule has 0 N–H and O–H groups in total. The number of nitrogens with zero attached hydrogens (tertiary/aromatic N) is 2. The third-order valence-electron chi connectivity index (χ3n) is 4.55. The van der Waals surface area contributed by atoms with Crippen LogP contribution in [-0.2, 0) is 14.8 Å². The summed E-state index contributed by atoms with van der Waals surface area (Å²) in [4.78, 5) is 14.3. The normalized spacial score (nSPS) is 25.5. The molecule has 2 saturated heterocycles. The minimum absolute atomic E-state index is 0.00130. The molecule has 2 atom stereocenters. The Hall–Kier alpha value is -1.31. The molecule has 2 fully saturated rings. The van der Waals surface area contributed by atoms with Crippen molar-refractivity contribution in [2.24, 2.45) is 0 Å². The first-order chi connectivity index (χ1) is 10.9. The second-order valence-electron chi connectivity index (χ2n) is 5.87. The average molecular weight is 359 g/mol. The van der Waals surface area contributed by atoms with Gasteiger partial charge in [-0.25, -0.2) is 8.42 Å². The summed E-state index contributed by atoms with van der Waals surface area (Å²) in [6.07, 6.45) is 1.74. The molecule has 2 aliphatic heterocycles. The quantitative estimate of drug-likeness (QED) is 0.825. The fourth-order valence-electron chi connectivity index (χ4n) is 3.33. The third-order valence-corrected chi connectivity index (χ3v) is 6.75. The van der Waals surface area contributed by atoms with Crippen LogP contribution in [0.5, 0.6) is 5.75 Å². The lowest BCUT2D eigenvalue weighted by Crippen LogP contribution is -2.59. The molecule has 0 aliphatic carbocycles. The zero-order valence-electron chi connectivity index (χ0n) is 13.0. The number of fused-ring (bicyclic) bond motifs is 1. The van der Waals surface area contributed by atoms with E-state index in [1.807, 2.05) is 0 Å². The summed E-state index contributed by atoms with van der Waals surface area (Å²) in [7, 11) is -2.46. The molecule has 23 heavy (non-hydrogen) atoms. The maximum absolute atomic E-state index is 13.1. The predicted molar refractivity (Wildman–Crippen MR) is 86.1 cm³/mol. The van der Waals surface area contributed by atoms with Crippen molar-refractivity contribution in [2.45, 2.75) is 36.7 Å². The molecular formula is C15H19ClN2O4S. The molecule has 0 bridgehead atoms. The van der Waals surface area contributed by atoms with E-state index in [1.165, 1.54) is 23.5 Å². The third kappa shape index (κ3) is 2.70. The van der Waals surface area contributed by atoms with E-state index in [4.69, 9.17) is 16.3 Å². The molecule has 0 aromatic heterocycles. The Morgan fingerprint density at radius 1 is 1.35 bits per heavy atom. The number of carbonyl (C=O) groups is 1. The Bertz CT molecular complexity index is 737. The molecule has 8 heteroatoms. The van der Waals surface area contributed by atoms with Crippen molar-refractivity contribution in [3.05, 3.63) is 23.2 Å². The van der Waals surface area contributed by atoms with Gasteiger partial charge in [0.15, 0.2) is 0 Å². The van der Waals surface area contributed by atoms with Gasteiger partial charge in [0, 0.05) is 24.2 Å². The monoisotopic (exact) mass is 358 g/mol. The minimum Gasteiger partial charge on any atom is -0.495 e. The number of rotatable bonds is 3. The SMILES string of the molecule is COc1ccc(Cl)cc1S(=O)(=O)N1CC2CCCN2C(=O)C1C. The molecule has 2 unspecified atom stereocenters. The minimum atomic E-state index is -3.87. The largest absolute Gasteiger partial charge is 0.495 e. The standard InChI is InChI=1S/C15H19ClN2O4S/c1-10-15(19)17-7-3-4-12(17)9-18(10)23(20,21)14-8-11(16)5-6-13(14)22-2/h5-6,8,10,12H,3-4,7,9H2,1-2H3.